The Labute approximate surface area is 64.4 Å². The van der Waals surface area contributed by atoms with Crippen LogP contribution in [0, 0.1) is 11.3 Å². The molecule has 0 aliphatic heterocycles. The summed E-state index contributed by atoms with van der Waals surface area (Å²) in [5, 5.41) is 0. The van der Waals surface area contributed by atoms with Gasteiger partial charge in [-0.05, 0) is 31.3 Å². The zero-order chi connectivity index (χ0) is 7.78. The molecular weight excluding hydrogens is 122 g/mol. The summed E-state index contributed by atoms with van der Waals surface area (Å²) in [6.07, 6.45) is 1.43. The molecule has 0 amide bonds. The Morgan fingerprint density at radius 1 is 1.50 bits per heavy atom. The van der Waals surface area contributed by atoms with E-state index in [4.69, 9.17) is 0 Å². The Bertz CT molecular complexity index is 118. The van der Waals surface area contributed by atoms with Crippen LogP contribution in [0.2, 0.25) is 0 Å². The van der Waals surface area contributed by atoms with Crippen molar-refractivity contribution >= 4 is 0 Å². The summed E-state index contributed by atoms with van der Waals surface area (Å²) in [5.41, 5.74) is 0.656. The molecule has 1 fully saturated rings. The first kappa shape index (κ1) is 8.06. The van der Waals surface area contributed by atoms with Crippen LogP contribution in [0.5, 0.6) is 0 Å². The minimum Gasteiger partial charge on any atom is -0.306 e. The van der Waals surface area contributed by atoms with Gasteiger partial charge in [-0.15, -0.1) is 0 Å². The summed E-state index contributed by atoms with van der Waals surface area (Å²) < 4.78 is 0. The highest BCUT2D eigenvalue weighted by atomic mass is 15.1. The quantitative estimate of drug-likeness (QED) is 0.581. The van der Waals surface area contributed by atoms with Crippen molar-refractivity contribution in [2.75, 3.05) is 20.1 Å². The monoisotopic (exact) mass is 141 g/mol. The van der Waals surface area contributed by atoms with Crippen molar-refractivity contribution in [2.24, 2.45) is 11.3 Å². The largest absolute Gasteiger partial charge is 0.306 e. The topological polar surface area (TPSA) is 3.24 Å². The average molecular weight is 141 g/mol. The fourth-order valence-electron chi connectivity index (χ4n) is 1.39. The van der Waals surface area contributed by atoms with Crippen LogP contribution in [0.25, 0.3) is 0 Å². The second kappa shape index (κ2) is 2.54. The molecule has 0 heterocycles. The predicted octanol–water partition coefficient (Wildman–Crippen LogP) is 1.98. The number of rotatable bonds is 3. The van der Waals surface area contributed by atoms with Gasteiger partial charge in [0.1, 0.15) is 0 Å². The first-order valence-corrected chi connectivity index (χ1v) is 4.25. The molecule has 0 aromatic carbocycles. The molecule has 0 aromatic heterocycles. The Balaban J connectivity index is 2.17. The third-order valence-corrected chi connectivity index (χ3v) is 2.79. The normalized spacial score (nSPS) is 29.1. The number of hydrogen-bond donors (Lipinski definition) is 0. The second-order valence-electron chi connectivity index (χ2n) is 4.24. The molecule has 1 atom stereocenters. The Kier molecular flexibility index (Phi) is 2.04. The van der Waals surface area contributed by atoms with E-state index in [1.165, 1.54) is 19.5 Å². The van der Waals surface area contributed by atoms with Crippen LogP contribution in [0.15, 0.2) is 0 Å². The minimum atomic E-state index is 0.656. The van der Waals surface area contributed by atoms with Gasteiger partial charge in [0, 0.05) is 6.54 Å². The predicted molar refractivity (Wildman–Crippen MR) is 45.1 cm³/mol. The third-order valence-electron chi connectivity index (χ3n) is 2.79. The first-order valence-electron chi connectivity index (χ1n) is 4.25. The molecule has 1 aliphatic carbocycles. The lowest BCUT2D eigenvalue weighted by Gasteiger charge is -2.14. The Morgan fingerprint density at radius 3 is 2.30 bits per heavy atom. The molecule has 0 radical (unpaired) electrons. The van der Waals surface area contributed by atoms with Crippen LogP contribution in [0.1, 0.15) is 27.2 Å². The molecule has 0 aromatic rings. The lowest BCUT2D eigenvalue weighted by atomic mass is 10.1. The van der Waals surface area contributed by atoms with Gasteiger partial charge in [-0.25, -0.2) is 0 Å². The van der Waals surface area contributed by atoms with Gasteiger partial charge >= 0.3 is 0 Å². The minimum absolute atomic E-state index is 0.656. The third kappa shape index (κ3) is 1.72. The fourth-order valence-corrected chi connectivity index (χ4v) is 1.39. The van der Waals surface area contributed by atoms with Crippen LogP contribution >= 0.6 is 0 Å². The molecule has 0 spiro atoms. The highest BCUT2D eigenvalue weighted by Crippen LogP contribution is 2.51. The molecule has 1 nitrogen and oxygen atoms in total. The molecule has 0 saturated heterocycles. The molecule has 1 rings (SSSR count). The van der Waals surface area contributed by atoms with Crippen molar-refractivity contribution < 1.29 is 0 Å². The number of nitrogens with zero attached hydrogens (tertiary/aromatic N) is 1. The highest BCUT2D eigenvalue weighted by molar-refractivity contribution is 4.96. The van der Waals surface area contributed by atoms with Gasteiger partial charge in [-0.3, -0.25) is 0 Å². The van der Waals surface area contributed by atoms with Crippen LogP contribution in [-0.2, 0) is 0 Å². The zero-order valence-corrected chi connectivity index (χ0v) is 7.65. The van der Waals surface area contributed by atoms with Crippen LogP contribution in [0.4, 0.5) is 0 Å². The highest BCUT2D eigenvalue weighted by Gasteiger charge is 2.45. The van der Waals surface area contributed by atoms with Crippen molar-refractivity contribution in [3.63, 3.8) is 0 Å². The molecule has 0 bridgehead atoms. The Hall–Kier alpha value is -0.0400. The molecule has 1 saturated carbocycles. The van der Waals surface area contributed by atoms with Gasteiger partial charge < -0.3 is 4.90 Å². The van der Waals surface area contributed by atoms with Gasteiger partial charge in [-0.2, -0.15) is 0 Å². The van der Waals surface area contributed by atoms with Gasteiger partial charge in [0.2, 0.25) is 0 Å². The molecule has 1 unspecified atom stereocenters. The first-order chi connectivity index (χ1) is 4.56. The van der Waals surface area contributed by atoms with E-state index in [1.54, 1.807) is 0 Å². The standard InChI is InChI=1S/C9H19N/c1-5-10(4)7-8-6-9(8,2)3/h8H,5-7H2,1-4H3. The van der Waals surface area contributed by atoms with Gasteiger partial charge in [-0.1, -0.05) is 20.8 Å². The molecular formula is C9H19N. The molecule has 10 heavy (non-hydrogen) atoms. The lowest BCUT2D eigenvalue weighted by molar-refractivity contribution is 0.317. The van der Waals surface area contributed by atoms with E-state index >= 15 is 0 Å². The fraction of sp³-hybridized carbons (Fsp3) is 1.00. The molecule has 60 valence electrons. The Morgan fingerprint density at radius 2 is 2.00 bits per heavy atom. The summed E-state index contributed by atoms with van der Waals surface area (Å²) in [6.45, 7) is 9.42. The summed E-state index contributed by atoms with van der Waals surface area (Å²) in [4.78, 5) is 2.40. The van der Waals surface area contributed by atoms with E-state index in [2.05, 4.69) is 32.7 Å². The van der Waals surface area contributed by atoms with Crippen LogP contribution in [0.3, 0.4) is 0 Å². The van der Waals surface area contributed by atoms with Crippen molar-refractivity contribution in [3.8, 4) is 0 Å². The van der Waals surface area contributed by atoms with Crippen LogP contribution < -0.4 is 0 Å². The maximum Gasteiger partial charge on any atom is 0.00118 e. The van der Waals surface area contributed by atoms with E-state index < -0.39 is 0 Å². The summed E-state index contributed by atoms with van der Waals surface area (Å²) in [5.74, 6) is 0.970. The maximum absolute atomic E-state index is 2.40. The van der Waals surface area contributed by atoms with E-state index in [0.29, 0.717) is 5.41 Å². The number of hydrogen-bond acceptors (Lipinski definition) is 1. The van der Waals surface area contributed by atoms with Crippen molar-refractivity contribution in [1.82, 2.24) is 4.90 Å². The zero-order valence-electron chi connectivity index (χ0n) is 7.65. The van der Waals surface area contributed by atoms with E-state index in [1.807, 2.05) is 0 Å². The average Bonchev–Trinajstić information content (AvgIpc) is 2.40. The van der Waals surface area contributed by atoms with Crippen LogP contribution in [-0.4, -0.2) is 25.0 Å². The second-order valence-corrected chi connectivity index (χ2v) is 4.24. The maximum atomic E-state index is 2.40. The molecule has 0 N–H and O–H groups in total. The molecule has 1 aliphatic rings. The van der Waals surface area contributed by atoms with Gasteiger partial charge in [0.15, 0.2) is 0 Å². The van der Waals surface area contributed by atoms with Gasteiger partial charge in [0.25, 0.3) is 0 Å². The van der Waals surface area contributed by atoms with Gasteiger partial charge in [0.05, 0.1) is 0 Å². The van der Waals surface area contributed by atoms with Crippen molar-refractivity contribution in [2.45, 2.75) is 27.2 Å². The summed E-state index contributed by atoms with van der Waals surface area (Å²) >= 11 is 0. The summed E-state index contributed by atoms with van der Waals surface area (Å²) in [7, 11) is 2.20. The van der Waals surface area contributed by atoms with Crippen molar-refractivity contribution in [1.29, 1.82) is 0 Å². The smallest absolute Gasteiger partial charge is 0.00118 e. The van der Waals surface area contributed by atoms with E-state index in [-0.39, 0.29) is 0 Å². The SMILES string of the molecule is CCN(C)CC1CC1(C)C. The van der Waals surface area contributed by atoms with E-state index in [0.717, 1.165) is 5.92 Å². The summed E-state index contributed by atoms with van der Waals surface area (Å²) in [6, 6.07) is 0. The molecule has 1 heteroatoms. The lowest BCUT2D eigenvalue weighted by Crippen LogP contribution is -2.21. The van der Waals surface area contributed by atoms with Crippen molar-refractivity contribution in [3.05, 3.63) is 0 Å². The van der Waals surface area contributed by atoms with E-state index in [9.17, 15) is 0 Å².